The number of ether oxygens (including phenoxy) is 3. The number of methoxy groups -OCH3 is 1. The van der Waals surface area contributed by atoms with Gasteiger partial charge in [0.05, 0.1) is 41.7 Å². The minimum atomic E-state index is -1.27. The van der Waals surface area contributed by atoms with Crippen molar-refractivity contribution in [3.63, 3.8) is 0 Å². The van der Waals surface area contributed by atoms with Gasteiger partial charge in [0.2, 0.25) is 0 Å². The van der Waals surface area contributed by atoms with Crippen molar-refractivity contribution in [1.29, 1.82) is 0 Å². The van der Waals surface area contributed by atoms with Gasteiger partial charge in [0.15, 0.2) is 5.72 Å². The number of esters is 2. The van der Waals surface area contributed by atoms with Crippen LogP contribution >= 0.6 is 0 Å². The van der Waals surface area contributed by atoms with E-state index < -0.39 is 22.0 Å². The van der Waals surface area contributed by atoms with Crippen LogP contribution in [-0.4, -0.2) is 126 Å². The second-order valence-electron chi connectivity index (χ2n) is 20.6. The van der Waals surface area contributed by atoms with Gasteiger partial charge in [0, 0.05) is 84.0 Å². The van der Waals surface area contributed by atoms with Crippen molar-refractivity contribution in [2.75, 3.05) is 69.7 Å². The largest absolute Gasteiger partial charge is 0.505 e. The summed E-state index contributed by atoms with van der Waals surface area (Å²) in [6.45, 7) is 11.2. The number of aromatic hydroxyl groups is 1. The van der Waals surface area contributed by atoms with E-state index in [4.69, 9.17) is 14.2 Å². The number of hydrogen-bond donors (Lipinski definition) is 3. The third kappa shape index (κ3) is 3.82. The standard InChI is InChI=1S/C47H57N5O7/c1-4-49(5-2)24-27-10-11-31-35(36(27)54)52-26-42(20-28-21-44-23-34(53)59-33(44)12-16-50-18-14-46(31,40(44)50)47(28,52)56)25-51-17-13-45-30-8-6-7-9-32(30)48-37(45)29(38(55)57-3)22-43(39(45)51)15-19-58-41(42)43/h6-11,28,33,39-41,48,54,56H,4-5,12-26H2,1-3H3/t28-,33+,39+,40+,41+,42+,43+,44+,45+,46-,47-/m1/s1. The van der Waals surface area contributed by atoms with Crippen molar-refractivity contribution in [3.05, 3.63) is 64.4 Å². The highest BCUT2D eigenvalue weighted by molar-refractivity contribution is 5.93. The maximum absolute atomic E-state index is 14.2. The minimum Gasteiger partial charge on any atom is -0.505 e. The molecular weight excluding hydrogens is 747 g/mol. The lowest BCUT2D eigenvalue weighted by Gasteiger charge is -2.70. The summed E-state index contributed by atoms with van der Waals surface area (Å²) in [4.78, 5) is 37.6. The van der Waals surface area contributed by atoms with Gasteiger partial charge in [-0.2, -0.15) is 0 Å². The van der Waals surface area contributed by atoms with Crippen LogP contribution in [0.2, 0.25) is 0 Å². The molecule has 0 amide bonds. The van der Waals surface area contributed by atoms with E-state index in [1.54, 1.807) is 0 Å². The van der Waals surface area contributed by atoms with Crippen LogP contribution in [0.5, 0.6) is 5.75 Å². The number of phenolic OH excluding ortho intramolecular Hbond substituents is 1. The number of benzene rings is 2. The molecule has 7 saturated heterocycles. The van der Waals surface area contributed by atoms with Crippen molar-refractivity contribution in [2.24, 2.45) is 22.2 Å². The number of nitrogens with zero attached hydrogens (tertiary/aromatic N) is 4. The third-order valence-corrected chi connectivity index (χ3v) is 18.9. The molecule has 5 spiro atoms. The maximum Gasteiger partial charge on any atom is 0.335 e. The SMILES string of the molecule is CCN(CC)Cc1ccc2c(c1O)N1C[C@]3(C[C@@H]4C[C@]56CC(=O)O[C@H]5CCN5CC[C@@]2([C@@H]56)[C@]41O)CN1CC[C@]24C(=C(C(=O)OC)C[C@@]5(CCO[C@@H]35)[C@H]12)Nc1ccccc14. The number of carbonyl (C=O) groups excluding carboxylic acids is 2. The number of hydrogen-bond acceptors (Lipinski definition) is 12. The van der Waals surface area contributed by atoms with Gasteiger partial charge in [0.25, 0.3) is 0 Å². The van der Waals surface area contributed by atoms with Crippen LogP contribution in [0.3, 0.4) is 0 Å². The highest BCUT2D eigenvalue weighted by Crippen LogP contribution is 2.77. The molecule has 59 heavy (non-hydrogen) atoms. The molecule has 11 atom stereocenters. The molecule has 0 unspecified atom stereocenters. The fourth-order valence-corrected chi connectivity index (χ4v) is 17.4. The Morgan fingerprint density at radius 1 is 0.966 bits per heavy atom. The summed E-state index contributed by atoms with van der Waals surface area (Å²) in [5.41, 5.74) is 3.18. The summed E-state index contributed by atoms with van der Waals surface area (Å²) < 4.78 is 19.2. The average Bonchev–Trinajstić information content (AvgIpc) is 4.08. The van der Waals surface area contributed by atoms with Crippen molar-refractivity contribution < 1.29 is 34.0 Å². The van der Waals surface area contributed by atoms with Crippen LogP contribution in [0.1, 0.15) is 81.9 Å². The first-order valence-corrected chi connectivity index (χ1v) is 22.6. The second kappa shape index (κ2) is 11.4. The number of carbonyl (C=O) groups is 2. The maximum atomic E-state index is 14.2. The van der Waals surface area contributed by atoms with Crippen LogP contribution in [-0.2, 0) is 41.2 Å². The second-order valence-corrected chi connectivity index (χ2v) is 20.6. The molecule has 312 valence electrons. The summed E-state index contributed by atoms with van der Waals surface area (Å²) in [6.07, 6.45) is 5.25. The molecule has 9 heterocycles. The molecule has 9 aliphatic heterocycles. The van der Waals surface area contributed by atoms with Crippen LogP contribution in [0, 0.1) is 22.2 Å². The molecule has 8 fully saturated rings. The molecule has 12 nitrogen and oxygen atoms in total. The monoisotopic (exact) mass is 803 g/mol. The van der Waals surface area contributed by atoms with Crippen LogP contribution < -0.4 is 10.2 Å². The Balaban J connectivity index is 1.02. The summed E-state index contributed by atoms with van der Waals surface area (Å²) in [5, 5.41) is 30.8. The highest BCUT2D eigenvalue weighted by atomic mass is 16.6. The molecule has 2 aromatic carbocycles. The van der Waals surface area contributed by atoms with E-state index in [0.29, 0.717) is 39.0 Å². The van der Waals surface area contributed by atoms with Crippen molar-refractivity contribution >= 4 is 23.3 Å². The number of para-hydroxylation sites is 1. The minimum absolute atomic E-state index is 0.0741. The molecule has 11 aliphatic rings. The Morgan fingerprint density at radius 3 is 2.63 bits per heavy atom. The zero-order chi connectivity index (χ0) is 40.1. The zero-order valence-electron chi connectivity index (χ0n) is 34.6. The summed E-state index contributed by atoms with van der Waals surface area (Å²) in [7, 11) is 1.50. The van der Waals surface area contributed by atoms with E-state index in [1.807, 2.05) is 0 Å². The molecule has 0 aromatic heterocycles. The number of rotatable bonds is 5. The van der Waals surface area contributed by atoms with E-state index in [9.17, 15) is 19.8 Å². The Kier molecular flexibility index (Phi) is 6.97. The zero-order valence-corrected chi connectivity index (χ0v) is 34.6. The van der Waals surface area contributed by atoms with E-state index >= 15 is 0 Å². The predicted molar refractivity (Wildman–Crippen MR) is 218 cm³/mol. The molecule has 2 aliphatic carbocycles. The number of aliphatic hydroxyl groups is 1. The topological polar surface area (TPSA) is 127 Å². The molecule has 13 rings (SSSR count). The third-order valence-electron chi connectivity index (χ3n) is 18.9. The Hall–Kier alpha value is -3.68. The van der Waals surface area contributed by atoms with E-state index in [2.05, 4.69) is 75.2 Å². The van der Waals surface area contributed by atoms with Gasteiger partial charge in [-0.3, -0.25) is 19.5 Å². The van der Waals surface area contributed by atoms with Gasteiger partial charge in [-0.1, -0.05) is 44.2 Å². The molecule has 12 heteroatoms. The molecule has 0 bridgehead atoms. The first-order valence-electron chi connectivity index (χ1n) is 22.6. The Bertz CT molecular complexity index is 2280. The van der Waals surface area contributed by atoms with E-state index in [0.717, 1.165) is 105 Å². The van der Waals surface area contributed by atoms with Crippen molar-refractivity contribution in [2.45, 2.75) is 113 Å². The lowest BCUT2D eigenvalue weighted by Crippen LogP contribution is -2.81. The molecule has 3 N–H and O–H groups in total. The number of piperidine rings is 3. The lowest BCUT2D eigenvalue weighted by atomic mass is 9.43. The Morgan fingerprint density at radius 2 is 1.80 bits per heavy atom. The average molecular weight is 804 g/mol. The van der Waals surface area contributed by atoms with Gasteiger partial charge in [-0.05, 0) is 88.3 Å². The number of fused-ring (bicyclic) bond motifs is 4. The van der Waals surface area contributed by atoms with Crippen LogP contribution in [0.15, 0.2) is 47.7 Å². The predicted octanol–water partition coefficient (Wildman–Crippen LogP) is 4.23. The molecule has 0 radical (unpaired) electrons. The first kappa shape index (κ1) is 36.0. The highest BCUT2D eigenvalue weighted by Gasteiger charge is 2.84. The van der Waals surface area contributed by atoms with Crippen molar-refractivity contribution in [1.82, 2.24) is 14.7 Å². The quantitative estimate of drug-likeness (QED) is 0.375. The fourth-order valence-electron chi connectivity index (χ4n) is 17.4. The molecule has 1 saturated carbocycles. The molecule has 2 aromatic rings. The summed E-state index contributed by atoms with van der Waals surface area (Å²) in [6, 6.07) is 13.0. The number of anilines is 2. The van der Waals surface area contributed by atoms with E-state index in [1.165, 1.54) is 12.7 Å². The van der Waals surface area contributed by atoms with Crippen LogP contribution in [0.4, 0.5) is 11.4 Å². The van der Waals surface area contributed by atoms with Gasteiger partial charge in [-0.15, -0.1) is 0 Å². The van der Waals surface area contributed by atoms with Gasteiger partial charge in [-0.25, -0.2) is 4.79 Å². The lowest BCUT2D eigenvalue weighted by molar-refractivity contribution is -0.232. The first-order chi connectivity index (χ1) is 28.5. The summed E-state index contributed by atoms with van der Waals surface area (Å²) >= 11 is 0. The smallest absolute Gasteiger partial charge is 0.335 e. The van der Waals surface area contributed by atoms with E-state index in [-0.39, 0.29) is 58.7 Å². The molecular formula is C47H57N5O7. The van der Waals surface area contributed by atoms with Crippen molar-refractivity contribution in [3.8, 4) is 5.75 Å². The fraction of sp³-hybridized carbons (Fsp3) is 0.660. The summed E-state index contributed by atoms with van der Waals surface area (Å²) in [5.74, 6) is -0.316. The van der Waals surface area contributed by atoms with Crippen LogP contribution in [0.25, 0.3) is 0 Å². The number of phenols is 1. The normalized spacial score (nSPS) is 44.1. The van der Waals surface area contributed by atoms with Gasteiger partial charge in [0.1, 0.15) is 11.9 Å². The number of nitrogens with one attached hydrogen (secondary N) is 1. The van der Waals surface area contributed by atoms with Gasteiger partial charge >= 0.3 is 11.9 Å². The Labute approximate surface area is 345 Å². The van der Waals surface area contributed by atoms with Gasteiger partial charge < -0.3 is 34.6 Å².